The number of nitrogens with two attached hydrogens (primary N) is 1. The molecule has 2 heterocycles. The normalized spacial score (nSPS) is 21.6. The van der Waals surface area contributed by atoms with Crippen LogP contribution in [0.1, 0.15) is 30.9 Å². The Morgan fingerprint density at radius 1 is 1.18 bits per heavy atom. The number of likely N-dealkylation sites (tertiary alicyclic amines) is 1. The number of ether oxygens (including phenoxy) is 1. The molecule has 0 bridgehead atoms. The summed E-state index contributed by atoms with van der Waals surface area (Å²) in [6, 6.07) is 7.41. The Bertz CT molecular complexity index is 568. The van der Waals surface area contributed by atoms with Crippen molar-refractivity contribution < 1.29 is 14.3 Å². The fourth-order valence-corrected chi connectivity index (χ4v) is 3.14. The third kappa shape index (κ3) is 3.00. The van der Waals surface area contributed by atoms with Crippen LogP contribution in [-0.2, 0) is 4.79 Å². The first kappa shape index (κ1) is 14.7. The fraction of sp³-hybridized carbons (Fsp3) is 0.500. The minimum absolute atomic E-state index is 0.00613. The lowest BCUT2D eigenvalue weighted by Gasteiger charge is -2.32. The quantitative estimate of drug-likeness (QED) is 0.866. The Hall–Kier alpha value is -2.24. The van der Waals surface area contributed by atoms with E-state index in [2.05, 4.69) is 5.32 Å². The summed E-state index contributed by atoms with van der Waals surface area (Å²) >= 11 is 0. The number of piperidine rings is 1. The molecule has 0 spiro atoms. The van der Waals surface area contributed by atoms with Crippen LogP contribution in [-0.4, -0.2) is 36.5 Å². The van der Waals surface area contributed by atoms with E-state index in [1.54, 1.807) is 4.90 Å². The number of primary amides is 1. The lowest BCUT2D eigenvalue weighted by Crippen LogP contribution is -2.45. The van der Waals surface area contributed by atoms with Gasteiger partial charge in [0.1, 0.15) is 5.75 Å². The van der Waals surface area contributed by atoms with Gasteiger partial charge in [-0.05, 0) is 18.9 Å². The molecule has 22 heavy (non-hydrogen) atoms. The molecular weight excluding hydrogens is 282 g/mol. The molecule has 6 heteroatoms. The van der Waals surface area contributed by atoms with Gasteiger partial charge >= 0.3 is 6.03 Å². The van der Waals surface area contributed by atoms with E-state index in [4.69, 9.17) is 10.5 Å². The van der Waals surface area contributed by atoms with Crippen molar-refractivity contribution in [2.24, 2.45) is 11.7 Å². The van der Waals surface area contributed by atoms with Gasteiger partial charge in [-0.2, -0.15) is 0 Å². The standard InChI is InChI=1S/C16H21N3O3/c17-16(21)19-8-5-11(6-9-19)15(20)18-13-7-10-22-14-4-2-1-3-12(13)14/h1-4,11,13H,5-10H2,(H2,17,21)(H,18,20). The van der Waals surface area contributed by atoms with Crippen LogP contribution in [0.25, 0.3) is 0 Å². The van der Waals surface area contributed by atoms with E-state index in [-0.39, 0.29) is 17.9 Å². The summed E-state index contributed by atoms with van der Waals surface area (Å²) in [4.78, 5) is 25.2. The number of hydrogen-bond acceptors (Lipinski definition) is 3. The minimum Gasteiger partial charge on any atom is -0.493 e. The molecule has 6 nitrogen and oxygen atoms in total. The zero-order valence-corrected chi connectivity index (χ0v) is 12.5. The molecule has 1 aromatic rings. The second-order valence-corrected chi connectivity index (χ2v) is 5.84. The number of nitrogens with one attached hydrogen (secondary N) is 1. The summed E-state index contributed by atoms with van der Waals surface area (Å²) in [6.07, 6.45) is 2.11. The van der Waals surface area contributed by atoms with Crippen molar-refractivity contribution in [3.63, 3.8) is 0 Å². The first-order valence-corrected chi connectivity index (χ1v) is 7.71. The van der Waals surface area contributed by atoms with E-state index in [1.165, 1.54) is 0 Å². The highest BCUT2D eigenvalue weighted by Gasteiger charge is 2.29. The highest BCUT2D eigenvalue weighted by atomic mass is 16.5. The zero-order chi connectivity index (χ0) is 15.5. The summed E-state index contributed by atoms with van der Waals surface area (Å²) in [5, 5.41) is 3.14. The van der Waals surface area contributed by atoms with Crippen molar-refractivity contribution in [2.45, 2.75) is 25.3 Å². The van der Waals surface area contributed by atoms with Crippen LogP contribution in [0.4, 0.5) is 4.79 Å². The molecule has 3 N–H and O–H groups in total. The molecule has 1 unspecified atom stereocenters. The van der Waals surface area contributed by atoms with Gasteiger partial charge in [0.2, 0.25) is 5.91 Å². The maximum atomic E-state index is 12.5. The number of fused-ring (bicyclic) bond motifs is 1. The van der Waals surface area contributed by atoms with Gasteiger partial charge in [-0.3, -0.25) is 4.79 Å². The molecule has 0 aliphatic carbocycles. The van der Waals surface area contributed by atoms with E-state index >= 15 is 0 Å². The summed E-state index contributed by atoms with van der Waals surface area (Å²) in [6.45, 7) is 1.72. The second-order valence-electron chi connectivity index (χ2n) is 5.84. The van der Waals surface area contributed by atoms with E-state index < -0.39 is 6.03 Å². The Morgan fingerprint density at radius 2 is 1.91 bits per heavy atom. The topological polar surface area (TPSA) is 84.7 Å². The number of urea groups is 1. The van der Waals surface area contributed by atoms with Crippen LogP contribution in [0.2, 0.25) is 0 Å². The summed E-state index contributed by atoms with van der Waals surface area (Å²) in [5.74, 6) is 0.860. The highest BCUT2D eigenvalue weighted by Crippen LogP contribution is 2.32. The molecule has 0 radical (unpaired) electrons. The lowest BCUT2D eigenvalue weighted by molar-refractivity contribution is -0.127. The van der Waals surface area contributed by atoms with Crippen LogP contribution >= 0.6 is 0 Å². The molecule has 3 rings (SSSR count). The number of carbonyl (C=O) groups is 2. The van der Waals surface area contributed by atoms with E-state index in [9.17, 15) is 9.59 Å². The molecule has 3 amide bonds. The van der Waals surface area contributed by atoms with E-state index in [0.717, 1.165) is 17.7 Å². The monoisotopic (exact) mass is 303 g/mol. The van der Waals surface area contributed by atoms with Crippen LogP contribution in [0, 0.1) is 5.92 Å². The zero-order valence-electron chi connectivity index (χ0n) is 12.5. The third-order valence-corrected chi connectivity index (χ3v) is 4.45. The molecule has 1 fully saturated rings. The average molecular weight is 303 g/mol. The maximum Gasteiger partial charge on any atom is 0.314 e. The minimum atomic E-state index is -0.405. The summed E-state index contributed by atoms with van der Waals surface area (Å²) in [5.41, 5.74) is 6.30. The number of para-hydroxylation sites is 1. The van der Waals surface area contributed by atoms with Crippen molar-refractivity contribution in [1.82, 2.24) is 10.2 Å². The lowest BCUT2D eigenvalue weighted by atomic mass is 9.94. The maximum absolute atomic E-state index is 12.5. The first-order valence-electron chi connectivity index (χ1n) is 7.71. The average Bonchev–Trinajstić information content (AvgIpc) is 2.55. The van der Waals surface area contributed by atoms with Crippen LogP contribution in [0.15, 0.2) is 24.3 Å². The molecule has 0 saturated carbocycles. The van der Waals surface area contributed by atoms with Crippen molar-refractivity contribution in [3.8, 4) is 5.75 Å². The fourth-order valence-electron chi connectivity index (χ4n) is 3.14. The number of carbonyl (C=O) groups excluding carboxylic acids is 2. The van der Waals surface area contributed by atoms with Crippen molar-refractivity contribution >= 4 is 11.9 Å². The number of amides is 3. The molecular formula is C16H21N3O3. The smallest absolute Gasteiger partial charge is 0.314 e. The Labute approximate surface area is 129 Å². The van der Waals surface area contributed by atoms with Gasteiger partial charge in [0.05, 0.1) is 12.6 Å². The first-order chi connectivity index (χ1) is 10.6. The van der Waals surface area contributed by atoms with Gasteiger partial charge in [0, 0.05) is 31.0 Å². The van der Waals surface area contributed by atoms with Gasteiger partial charge in [-0.1, -0.05) is 18.2 Å². The Kier molecular flexibility index (Phi) is 4.18. The molecule has 2 aliphatic rings. The number of nitrogens with zero attached hydrogens (tertiary/aromatic N) is 1. The molecule has 1 aromatic carbocycles. The van der Waals surface area contributed by atoms with Crippen molar-refractivity contribution in [3.05, 3.63) is 29.8 Å². The second kappa shape index (κ2) is 6.25. The molecule has 1 saturated heterocycles. The molecule has 2 aliphatic heterocycles. The number of hydrogen-bond donors (Lipinski definition) is 2. The van der Waals surface area contributed by atoms with E-state index in [0.29, 0.717) is 32.5 Å². The van der Waals surface area contributed by atoms with E-state index in [1.807, 2.05) is 24.3 Å². The van der Waals surface area contributed by atoms with Crippen LogP contribution in [0.3, 0.4) is 0 Å². The summed E-state index contributed by atoms with van der Waals surface area (Å²) < 4.78 is 5.61. The molecule has 1 atom stereocenters. The summed E-state index contributed by atoms with van der Waals surface area (Å²) in [7, 11) is 0. The van der Waals surface area contributed by atoms with Crippen LogP contribution < -0.4 is 15.8 Å². The largest absolute Gasteiger partial charge is 0.493 e. The predicted molar refractivity (Wildman–Crippen MR) is 81.3 cm³/mol. The Balaban J connectivity index is 1.60. The van der Waals surface area contributed by atoms with Crippen molar-refractivity contribution in [1.29, 1.82) is 0 Å². The SMILES string of the molecule is NC(=O)N1CCC(C(=O)NC2CCOc3ccccc32)CC1. The predicted octanol–water partition coefficient (Wildman–Crippen LogP) is 1.42. The van der Waals surface area contributed by atoms with Gasteiger partial charge in [0.25, 0.3) is 0 Å². The Morgan fingerprint density at radius 3 is 2.64 bits per heavy atom. The van der Waals surface area contributed by atoms with Crippen LogP contribution in [0.5, 0.6) is 5.75 Å². The molecule has 118 valence electrons. The van der Waals surface area contributed by atoms with Crippen molar-refractivity contribution in [2.75, 3.05) is 19.7 Å². The van der Waals surface area contributed by atoms with Gasteiger partial charge in [-0.25, -0.2) is 4.79 Å². The third-order valence-electron chi connectivity index (χ3n) is 4.45. The molecule has 0 aromatic heterocycles. The van der Waals surface area contributed by atoms with Gasteiger partial charge in [0.15, 0.2) is 0 Å². The van der Waals surface area contributed by atoms with Gasteiger partial charge in [-0.15, -0.1) is 0 Å². The number of rotatable bonds is 2. The number of benzene rings is 1. The van der Waals surface area contributed by atoms with Gasteiger partial charge < -0.3 is 20.7 Å². The highest BCUT2D eigenvalue weighted by molar-refractivity contribution is 5.80.